The van der Waals surface area contributed by atoms with Crippen LogP contribution >= 0.6 is 27.5 Å². The molecule has 1 aromatic heterocycles. The van der Waals surface area contributed by atoms with E-state index in [4.69, 9.17) is 11.6 Å². The number of likely N-dealkylation sites (tertiary alicyclic amines) is 1. The molecule has 1 aliphatic heterocycles. The summed E-state index contributed by atoms with van der Waals surface area (Å²) in [5.41, 5.74) is 2.42. The molecule has 2 heterocycles. The van der Waals surface area contributed by atoms with E-state index >= 15 is 0 Å². The van der Waals surface area contributed by atoms with E-state index in [2.05, 4.69) is 31.1 Å². The molecule has 8 heteroatoms. The largest absolute Gasteiger partial charge is 0.326 e. The molecule has 3 aromatic rings. The maximum Gasteiger partial charge on any atom is 0.326 e. The van der Waals surface area contributed by atoms with Gasteiger partial charge in [0.1, 0.15) is 0 Å². The Balaban J connectivity index is 1.36. The van der Waals surface area contributed by atoms with Crippen LogP contribution in [0, 0.1) is 0 Å². The first-order valence-electron chi connectivity index (χ1n) is 9.18. The van der Waals surface area contributed by atoms with Crippen LogP contribution < -0.4 is 11.0 Å². The summed E-state index contributed by atoms with van der Waals surface area (Å²) in [6.45, 7) is 1.86. The average Bonchev–Trinajstić information content (AvgIpc) is 3.01. The predicted molar refractivity (Wildman–Crippen MR) is 115 cm³/mol. The Hall–Kier alpha value is -2.09. The summed E-state index contributed by atoms with van der Waals surface area (Å²) >= 11 is 9.41. The number of aromatic amines is 1. The van der Waals surface area contributed by atoms with Crippen LogP contribution in [0.5, 0.6) is 0 Å². The van der Waals surface area contributed by atoms with Gasteiger partial charge in [-0.15, -0.1) is 0 Å². The number of carbonyl (C=O) groups excluding carboxylic acids is 1. The Bertz CT molecular complexity index is 1070. The minimum Gasteiger partial charge on any atom is -0.325 e. The van der Waals surface area contributed by atoms with E-state index in [0.717, 1.165) is 41.4 Å². The smallest absolute Gasteiger partial charge is 0.325 e. The van der Waals surface area contributed by atoms with Gasteiger partial charge in [-0.1, -0.05) is 23.7 Å². The van der Waals surface area contributed by atoms with Crippen LogP contribution in [0.4, 0.5) is 5.69 Å². The normalized spacial score (nSPS) is 15.8. The van der Waals surface area contributed by atoms with Crippen molar-refractivity contribution in [2.24, 2.45) is 0 Å². The fourth-order valence-corrected chi connectivity index (χ4v) is 4.18. The lowest BCUT2D eigenvalue weighted by atomic mass is 10.0. The molecule has 0 saturated carbocycles. The van der Waals surface area contributed by atoms with E-state index in [0.29, 0.717) is 17.3 Å². The number of piperidine rings is 1. The zero-order chi connectivity index (χ0) is 19.7. The number of nitrogens with zero attached hydrogens (tertiary/aromatic N) is 2. The number of halogens is 2. The van der Waals surface area contributed by atoms with Gasteiger partial charge in [-0.2, -0.15) is 0 Å². The molecule has 1 amide bonds. The molecule has 0 unspecified atom stereocenters. The standard InChI is InChI=1S/C20H20BrClN4O2/c21-15-6-5-13(11-16(15)22)23-19(27)12-25-9-7-14(8-10-25)26-18-4-2-1-3-17(18)24-20(26)28/h1-6,11,14H,7-10,12H2,(H,23,27)(H,24,28). The van der Waals surface area contributed by atoms with Gasteiger partial charge < -0.3 is 10.3 Å². The first-order valence-corrected chi connectivity index (χ1v) is 10.3. The third kappa shape index (κ3) is 4.01. The lowest BCUT2D eigenvalue weighted by Gasteiger charge is -2.32. The number of hydrogen-bond donors (Lipinski definition) is 2. The Morgan fingerprint density at radius 2 is 1.96 bits per heavy atom. The van der Waals surface area contributed by atoms with E-state index in [-0.39, 0.29) is 17.6 Å². The maximum absolute atomic E-state index is 12.4. The van der Waals surface area contributed by atoms with E-state index in [1.54, 1.807) is 6.07 Å². The zero-order valence-electron chi connectivity index (χ0n) is 15.1. The summed E-state index contributed by atoms with van der Waals surface area (Å²) in [7, 11) is 0. The third-order valence-corrected chi connectivity index (χ3v) is 6.35. The van der Waals surface area contributed by atoms with Gasteiger partial charge >= 0.3 is 5.69 Å². The highest BCUT2D eigenvalue weighted by Gasteiger charge is 2.24. The number of imidazole rings is 1. The molecule has 146 valence electrons. The van der Waals surface area contributed by atoms with Crippen LogP contribution in [-0.2, 0) is 4.79 Å². The molecule has 0 aliphatic carbocycles. The van der Waals surface area contributed by atoms with E-state index < -0.39 is 0 Å². The minimum atomic E-state index is -0.0684. The molecule has 0 radical (unpaired) electrons. The third-order valence-electron chi connectivity index (χ3n) is 5.12. The van der Waals surface area contributed by atoms with Crippen LogP contribution in [0.25, 0.3) is 11.0 Å². The molecular formula is C20H20BrClN4O2. The Morgan fingerprint density at radius 3 is 2.71 bits per heavy atom. The number of benzene rings is 2. The van der Waals surface area contributed by atoms with E-state index in [1.165, 1.54) is 0 Å². The number of amides is 1. The van der Waals surface area contributed by atoms with Crippen molar-refractivity contribution in [2.45, 2.75) is 18.9 Å². The SMILES string of the molecule is O=C(CN1CCC(n2c(=O)[nH]c3ccccc32)CC1)Nc1ccc(Br)c(Cl)c1. The number of aromatic nitrogens is 2. The van der Waals surface area contributed by atoms with E-state index in [9.17, 15) is 9.59 Å². The molecule has 4 rings (SSSR count). The zero-order valence-corrected chi connectivity index (χ0v) is 17.5. The van der Waals surface area contributed by atoms with Crippen molar-refractivity contribution in [2.75, 3.05) is 25.0 Å². The predicted octanol–water partition coefficient (Wildman–Crippen LogP) is 4.02. The molecule has 0 atom stereocenters. The molecule has 1 saturated heterocycles. The van der Waals surface area contributed by atoms with Gasteiger partial charge in [0, 0.05) is 29.3 Å². The van der Waals surface area contributed by atoms with Gasteiger partial charge in [0.25, 0.3) is 0 Å². The van der Waals surface area contributed by atoms with Crippen molar-refractivity contribution in [3.63, 3.8) is 0 Å². The second kappa shape index (κ2) is 8.11. The number of rotatable bonds is 4. The van der Waals surface area contributed by atoms with Crippen molar-refractivity contribution in [3.05, 3.63) is 62.4 Å². The topological polar surface area (TPSA) is 70.1 Å². The number of para-hydroxylation sites is 2. The summed E-state index contributed by atoms with van der Waals surface area (Å²) in [6, 6.07) is 13.2. The van der Waals surface area contributed by atoms with Crippen LogP contribution in [0.15, 0.2) is 51.7 Å². The minimum absolute atomic E-state index is 0.0653. The Kier molecular flexibility index (Phi) is 5.57. The number of hydrogen-bond acceptors (Lipinski definition) is 3. The molecule has 1 fully saturated rings. The summed E-state index contributed by atoms with van der Waals surface area (Å²) < 4.78 is 2.65. The van der Waals surface area contributed by atoms with Crippen molar-refractivity contribution in [1.82, 2.24) is 14.5 Å². The van der Waals surface area contributed by atoms with Gasteiger partial charge in [0.2, 0.25) is 5.91 Å². The fraction of sp³-hybridized carbons (Fsp3) is 0.300. The van der Waals surface area contributed by atoms with Crippen LogP contribution in [0.2, 0.25) is 5.02 Å². The number of anilines is 1. The van der Waals surface area contributed by atoms with Crippen molar-refractivity contribution in [1.29, 1.82) is 0 Å². The lowest BCUT2D eigenvalue weighted by molar-refractivity contribution is -0.117. The van der Waals surface area contributed by atoms with Gasteiger partial charge in [-0.05, 0) is 59.1 Å². The van der Waals surface area contributed by atoms with Gasteiger partial charge in [-0.25, -0.2) is 4.79 Å². The second-order valence-corrected chi connectivity index (χ2v) is 8.26. The average molecular weight is 464 g/mol. The molecule has 28 heavy (non-hydrogen) atoms. The maximum atomic E-state index is 12.4. The molecule has 0 spiro atoms. The van der Waals surface area contributed by atoms with Crippen molar-refractivity contribution < 1.29 is 4.79 Å². The summed E-state index contributed by atoms with van der Waals surface area (Å²) in [6.07, 6.45) is 1.66. The van der Waals surface area contributed by atoms with Gasteiger partial charge in [0.15, 0.2) is 0 Å². The molecule has 2 aromatic carbocycles. The lowest BCUT2D eigenvalue weighted by Crippen LogP contribution is -2.40. The Morgan fingerprint density at radius 1 is 1.21 bits per heavy atom. The molecule has 6 nitrogen and oxygen atoms in total. The highest BCUT2D eigenvalue weighted by Crippen LogP contribution is 2.26. The first kappa shape index (κ1) is 19.2. The van der Waals surface area contributed by atoms with E-state index in [1.807, 2.05) is 41.0 Å². The Labute approximate surface area is 175 Å². The number of nitrogens with one attached hydrogen (secondary N) is 2. The van der Waals surface area contributed by atoms with Crippen LogP contribution in [0.3, 0.4) is 0 Å². The first-order chi connectivity index (χ1) is 13.5. The number of H-pyrrole nitrogens is 1. The van der Waals surface area contributed by atoms with Crippen molar-refractivity contribution >= 4 is 50.2 Å². The quantitative estimate of drug-likeness (QED) is 0.614. The number of carbonyl (C=O) groups is 1. The van der Waals surface area contributed by atoms with Crippen LogP contribution in [-0.4, -0.2) is 40.0 Å². The highest BCUT2D eigenvalue weighted by molar-refractivity contribution is 9.10. The highest BCUT2D eigenvalue weighted by atomic mass is 79.9. The summed E-state index contributed by atoms with van der Waals surface area (Å²) in [5, 5.41) is 3.44. The molecule has 2 N–H and O–H groups in total. The van der Waals surface area contributed by atoms with Crippen LogP contribution in [0.1, 0.15) is 18.9 Å². The molecule has 1 aliphatic rings. The summed E-state index contributed by atoms with van der Waals surface area (Å²) in [4.78, 5) is 29.8. The van der Waals surface area contributed by atoms with Gasteiger partial charge in [-0.3, -0.25) is 14.3 Å². The monoisotopic (exact) mass is 462 g/mol. The van der Waals surface area contributed by atoms with Gasteiger partial charge in [0.05, 0.1) is 22.6 Å². The second-order valence-electron chi connectivity index (χ2n) is 7.00. The fourth-order valence-electron chi connectivity index (χ4n) is 3.75. The molecule has 0 bridgehead atoms. The molecular weight excluding hydrogens is 444 g/mol. The van der Waals surface area contributed by atoms with Crippen molar-refractivity contribution in [3.8, 4) is 0 Å². The number of fused-ring (bicyclic) bond motifs is 1. The summed E-state index contributed by atoms with van der Waals surface area (Å²) in [5.74, 6) is -0.0684.